The third kappa shape index (κ3) is 4.62. The molecule has 3 N–H and O–H groups in total. The highest BCUT2D eigenvalue weighted by Gasteiger charge is 2.10. The van der Waals surface area contributed by atoms with E-state index >= 15 is 0 Å². The van der Waals surface area contributed by atoms with Crippen LogP contribution in [0.1, 0.15) is 5.56 Å². The van der Waals surface area contributed by atoms with Crippen LogP contribution in [-0.4, -0.2) is 27.5 Å². The Balaban J connectivity index is 2.71. The molecule has 0 aliphatic carbocycles. The summed E-state index contributed by atoms with van der Waals surface area (Å²) < 4.78 is 27.5. The Morgan fingerprint density at radius 3 is 2.74 bits per heavy atom. The summed E-state index contributed by atoms with van der Waals surface area (Å²) in [5, 5.41) is 7.44. The number of aryl methyl sites for hydroxylation is 1. The highest BCUT2D eigenvalue weighted by molar-refractivity contribution is 7.89. The maximum Gasteiger partial charge on any atom is 0.258 e. The van der Waals surface area contributed by atoms with Crippen molar-refractivity contribution in [3.05, 3.63) is 23.8 Å². The van der Waals surface area contributed by atoms with Crippen molar-refractivity contribution in [2.24, 2.45) is 5.14 Å². The molecule has 0 spiro atoms. The Morgan fingerprint density at radius 2 is 2.21 bits per heavy atom. The summed E-state index contributed by atoms with van der Waals surface area (Å²) in [7, 11) is -3.74. The molecule has 1 amide bonds. The summed E-state index contributed by atoms with van der Waals surface area (Å²) in [5.41, 5.74) is 0.566. The van der Waals surface area contributed by atoms with Gasteiger partial charge in [-0.15, -0.1) is 6.42 Å². The first-order chi connectivity index (χ1) is 8.84. The van der Waals surface area contributed by atoms with E-state index in [0.29, 0.717) is 11.3 Å². The number of rotatable bonds is 5. The Hall–Kier alpha value is -2.04. The van der Waals surface area contributed by atoms with E-state index in [1.165, 1.54) is 18.2 Å². The van der Waals surface area contributed by atoms with Crippen molar-refractivity contribution < 1.29 is 17.9 Å². The van der Waals surface area contributed by atoms with E-state index in [1.807, 2.05) is 0 Å². The van der Waals surface area contributed by atoms with E-state index < -0.39 is 10.0 Å². The third-order valence-electron chi connectivity index (χ3n) is 2.22. The van der Waals surface area contributed by atoms with Crippen molar-refractivity contribution in [2.75, 3.05) is 13.2 Å². The Labute approximate surface area is 112 Å². The van der Waals surface area contributed by atoms with Gasteiger partial charge in [-0.2, -0.15) is 0 Å². The van der Waals surface area contributed by atoms with Gasteiger partial charge in [0.15, 0.2) is 6.61 Å². The lowest BCUT2D eigenvalue weighted by Crippen LogP contribution is -2.29. The van der Waals surface area contributed by atoms with E-state index in [2.05, 4.69) is 11.2 Å². The lowest BCUT2D eigenvalue weighted by molar-refractivity contribution is -0.122. The van der Waals surface area contributed by atoms with Crippen LogP contribution in [0.15, 0.2) is 23.1 Å². The lowest BCUT2D eigenvalue weighted by atomic mass is 10.2. The quantitative estimate of drug-likeness (QED) is 0.729. The van der Waals surface area contributed by atoms with Crippen LogP contribution in [0.4, 0.5) is 0 Å². The number of ether oxygens (including phenoxy) is 1. The second kappa shape index (κ2) is 6.22. The van der Waals surface area contributed by atoms with Gasteiger partial charge in [0.25, 0.3) is 5.91 Å². The number of hydrogen-bond donors (Lipinski definition) is 2. The largest absolute Gasteiger partial charge is 0.484 e. The number of amides is 1. The molecule has 0 aliphatic rings. The lowest BCUT2D eigenvalue weighted by Gasteiger charge is -2.09. The summed E-state index contributed by atoms with van der Waals surface area (Å²) in [6.07, 6.45) is 4.99. The summed E-state index contributed by atoms with van der Waals surface area (Å²) in [4.78, 5) is 11.3. The molecule has 0 heterocycles. The van der Waals surface area contributed by atoms with Crippen molar-refractivity contribution in [2.45, 2.75) is 11.8 Å². The molecule has 19 heavy (non-hydrogen) atoms. The molecule has 0 fully saturated rings. The highest BCUT2D eigenvalue weighted by Crippen LogP contribution is 2.20. The van der Waals surface area contributed by atoms with Gasteiger partial charge >= 0.3 is 0 Å². The molecular weight excluding hydrogens is 268 g/mol. The van der Waals surface area contributed by atoms with Crippen LogP contribution >= 0.6 is 0 Å². The van der Waals surface area contributed by atoms with Gasteiger partial charge < -0.3 is 10.1 Å². The van der Waals surface area contributed by atoms with Gasteiger partial charge in [0.1, 0.15) is 5.75 Å². The normalized spacial score (nSPS) is 10.6. The van der Waals surface area contributed by atoms with Gasteiger partial charge in [0, 0.05) is 0 Å². The molecule has 6 nitrogen and oxygen atoms in total. The maximum atomic E-state index is 11.3. The first kappa shape index (κ1) is 15.0. The van der Waals surface area contributed by atoms with Crippen LogP contribution in [0.5, 0.6) is 5.75 Å². The minimum absolute atomic E-state index is 0.00543. The first-order valence-electron chi connectivity index (χ1n) is 5.31. The maximum absolute atomic E-state index is 11.3. The fourth-order valence-corrected chi connectivity index (χ4v) is 1.90. The SMILES string of the molecule is C#CCNC(=O)COc1ccc(S(N)(=O)=O)cc1C. The molecule has 102 valence electrons. The van der Waals surface area contributed by atoms with Crippen LogP contribution in [0.25, 0.3) is 0 Å². The Morgan fingerprint density at radius 1 is 1.53 bits per heavy atom. The second-order valence-corrected chi connectivity index (χ2v) is 5.30. The topological polar surface area (TPSA) is 98.5 Å². The zero-order valence-electron chi connectivity index (χ0n) is 10.3. The minimum Gasteiger partial charge on any atom is -0.484 e. The zero-order chi connectivity index (χ0) is 14.5. The van der Waals surface area contributed by atoms with E-state index in [1.54, 1.807) is 6.92 Å². The zero-order valence-corrected chi connectivity index (χ0v) is 11.2. The summed E-state index contributed by atoms with van der Waals surface area (Å²) >= 11 is 0. The van der Waals surface area contributed by atoms with Crippen molar-refractivity contribution >= 4 is 15.9 Å². The molecule has 0 unspecified atom stereocenters. The smallest absolute Gasteiger partial charge is 0.258 e. The number of primary sulfonamides is 1. The van der Waals surface area contributed by atoms with Gasteiger partial charge in [-0.25, -0.2) is 13.6 Å². The van der Waals surface area contributed by atoms with E-state index in [9.17, 15) is 13.2 Å². The summed E-state index contributed by atoms with van der Waals surface area (Å²) in [6.45, 7) is 1.59. The van der Waals surface area contributed by atoms with Crippen molar-refractivity contribution in [3.63, 3.8) is 0 Å². The molecule has 0 aliphatic heterocycles. The average molecular weight is 282 g/mol. The summed E-state index contributed by atoms with van der Waals surface area (Å²) in [6, 6.07) is 4.14. The van der Waals surface area contributed by atoms with E-state index in [0.717, 1.165) is 0 Å². The Kier molecular flexibility index (Phi) is 4.92. The van der Waals surface area contributed by atoms with Crippen molar-refractivity contribution in [1.82, 2.24) is 5.32 Å². The Bertz CT molecular complexity index is 617. The standard InChI is InChI=1S/C12H14N2O4S/c1-3-6-14-12(15)8-18-11-5-4-10(7-9(11)2)19(13,16)17/h1,4-5,7H,6,8H2,2H3,(H,14,15)(H2,13,16,17). The van der Waals surface area contributed by atoms with Gasteiger partial charge in [-0.1, -0.05) is 5.92 Å². The molecule has 0 radical (unpaired) electrons. The first-order valence-corrected chi connectivity index (χ1v) is 6.85. The monoisotopic (exact) mass is 282 g/mol. The van der Waals surface area contributed by atoms with Crippen LogP contribution in [0.3, 0.4) is 0 Å². The van der Waals surface area contributed by atoms with Gasteiger partial charge in [-0.3, -0.25) is 4.79 Å². The number of nitrogens with one attached hydrogen (secondary N) is 1. The molecule has 0 atom stereocenters. The van der Waals surface area contributed by atoms with Crippen LogP contribution in [0, 0.1) is 19.3 Å². The number of carbonyl (C=O) groups excluding carboxylic acids is 1. The molecule has 0 bridgehead atoms. The van der Waals surface area contributed by atoms with Crippen LogP contribution in [0.2, 0.25) is 0 Å². The predicted octanol–water partition coefficient (Wildman–Crippen LogP) is -0.229. The number of benzene rings is 1. The molecular formula is C12H14N2O4S. The van der Waals surface area contributed by atoms with Crippen molar-refractivity contribution in [3.8, 4) is 18.1 Å². The minimum atomic E-state index is -3.74. The number of nitrogens with two attached hydrogens (primary N) is 1. The van der Waals surface area contributed by atoms with E-state index in [-0.39, 0.29) is 24.0 Å². The molecule has 0 saturated heterocycles. The van der Waals surface area contributed by atoms with Crippen LogP contribution < -0.4 is 15.2 Å². The van der Waals surface area contributed by atoms with Crippen LogP contribution in [-0.2, 0) is 14.8 Å². The van der Waals surface area contributed by atoms with Gasteiger partial charge in [-0.05, 0) is 30.7 Å². The molecule has 7 heteroatoms. The molecule has 0 saturated carbocycles. The number of carbonyl (C=O) groups is 1. The van der Waals surface area contributed by atoms with Gasteiger partial charge in [0.05, 0.1) is 11.4 Å². The molecule has 0 aromatic heterocycles. The van der Waals surface area contributed by atoms with Crippen molar-refractivity contribution in [1.29, 1.82) is 0 Å². The number of hydrogen-bond acceptors (Lipinski definition) is 4. The second-order valence-electron chi connectivity index (χ2n) is 3.74. The fraction of sp³-hybridized carbons (Fsp3) is 0.250. The average Bonchev–Trinajstić information content (AvgIpc) is 2.33. The number of sulfonamides is 1. The van der Waals surface area contributed by atoms with E-state index in [4.69, 9.17) is 16.3 Å². The number of terminal acetylenes is 1. The molecule has 1 rings (SSSR count). The predicted molar refractivity (Wildman–Crippen MR) is 69.9 cm³/mol. The highest BCUT2D eigenvalue weighted by atomic mass is 32.2. The fourth-order valence-electron chi connectivity index (χ4n) is 1.30. The summed E-state index contributed by atoms with van der Waals surface area (Å²) in [5.74, 6) is 2.32. The third-order valence-corrected chi connectivity index (χ3v) is 3.13. The molecule has 1 aromatic rings. The van der Waals surface area contributed by atoms with Gasteiger partial charge in [0.2, 0.25) is 10.0 Å². The molecule has 1 aromatic carbocycles.